The van der Waals surface area contributed by atoms with Crippen molar-refractivity contribution in [1.82, 2.24) is 20.0 Å². The number of ether oxygens (including phenoxy) is 1. The van der Waals surface area contributed by atoms with E-state index in [0.29, 0.717) is 6.54 Å². The fourth-order valence-corrected chi connectivity index (χ4v) is 2.61. The summed E-state index contributed by atoms with van der Waals surface area (Å²) in [5, 5.41) is 7.32. The number of aromatic nitrogens is 2. The first-order chi connectivity index (χ1) is 10.7. The highest BCUT2D eigenvalue weighted by molar-refractivity contribution is 5.77. The monoisotopic (exact) mass is 304 g/mol. The first-order valence-corrected chi connectivity index (χ1v) is 7.29. The van der Waals surface area contributed by atoms with Gasteiger partial charge >= 0.3 is 0 Å². The van der Waals surface area contributed by atoms with Gasteiger partial charge in [-0.05, 0) is 12.1 Å². The molecule has 3 heterocycles. The third kappa shape index (κ3) is 3.55. The summed E-state index contributed by atoms with van der Waals surface area (Å²) in [5.41, 5.74) is 3.23. The van der Waals surface area contributed by atoms with E-state index in [1.807, 2.05) is 10.7 Å². The van der Waals surface area contributed by atoms with Gasteiger partial charge in [0, 0.05) is 32.3 Å². The SMILES string of the molecule is COCC(=O)NCc1cc2n(n1)CCN(Cc1ccoc1)C2. The standard InChI is InChI=1S/C15H20N4O3/c1-21-11-15(20)16-7-13-6-14-9-18(3-4-19(14)17-13)8-12-2-5-22-10-12/h2,5-6,10H,3-4,7-9,11H2,1H3,(H,16,20). The van der Waals surface area contributed by atoms with Crippen LogP contribution in [0.4, 0.5) is 0 Å². The maximum atomic E-state index is 11.4. The maximum absolute atomic E-state index is 11.4. The fourth-order valence-electron chi connectivity index (χ4n) is 2.61. The van der Waals surface area contributed by atoms with Crippen molar-refractivity contribution in [3.05, 3.63) is 41.6 Å². The molecule has 3 rings (SSSR count). The van der Waals surface area contributed by atoms with Crippen LogP contribution >= 0.6 is 0 Å². The molecule has 118 valence electrons. The smallest absolute Gasteiger partial charge is 0.246 e. The van der Waals surface area contributed by atoms with E-state index in [9.17, 15) is 4.79 Å². The molecule has 22 heavy (non-hydrogen) atoms. The molecule has 0 radical (unpaired) electrons. The number of hydrogen-bond donors (Lipinski definition) is 1. The van der Waals surface area contributed by atoms with E-state index in [-0.39, 0.29) is 12.5 Å². The molecule has 1 aliphatic heterocycles. The highest BCUT2D eigenvalue weighted by Gasteiger charge is 2.18. The molecule has 1 N–H and O–H groups in total. The van der Waals surface area contributed by atoms with E-state index in [0.717, 1.165) is 31.9 Å². The third-order valence-electron chi connectivity index (χ3n) is 3.66. The lowest BCUT2D eigenvalue weighted by atomic mass is 10.2. The zero-order chi connectivity index (χ0) is 15.4. The number of amides is 1. The Balaban J connectivity index is 1.57. The van der Waals surface area contributed by atoms with E-state index in [4.69, 9.17) is 9.15 Å². The van der Waals surface area contributed by atoms with Gasteiger partial charge in [-0.3, -0.25) is 14.4 Å². The molecule has 0 fully saturated rings. The van der Waals surface area contributed by atoms with Gasteiger partial charge in [0.15, 0.2) is 0 Å². The quantitative estimate of drug-likeness (QED) is 0.853. The minimum absolute atomic E-state index is 0.0754. The lowest BCUT2D eigenvalue weighted by Gasteiger charge is -2.26. The van der Waals surface area contributed by atoms with Gasteiger partial charge in [-0.25, -0.2) is 0 Å². The number of methoxy groups -OCH3 is 1. The number of carbonyl (C=O) groups is 1. The Hall–Kier alpha value is -2.12. The van der Waals surface area contributed by atoms with Crippen LogP contribution in [0.2, 0.25) is 0 Å². The number of nitrogens with zero attached hydrogens (tertiary/aromatic N) is 3. The van der Waals surface area contributed by atoms with Crippen molar-refractivity contribution in [2.45, 2.75) is 26.2 Å². The highest BCUT2D eigenvalue weighted by Crippen LogP contribution is 2.16. The summed E-state index contributed by atoms with van der Waals surface area (Å²) in [6.07, 6.45) is 3.48. The molecule has 2 aromatic heterocycles. The van der Waals surface area contributed by atoms with Crippen LogP contribution in [0.15, 0.2) is 29.1 Å². The minimum atomic E-state index is -0.130. The largest absolute Gasteiger partial charge is 0.472 e. The number of hydrogen-bond acceptors (Lipinski definition) is 5. The molecule has 0 saturated heterocycles. The summed E-state index contributed by atoms with van der Waals surface area (Å²) >= 11 is 0. The van der Waals surface area contributed by atoms with Crippen LogP contribution in [0.25, 0.3) is 0 Å². The number of nitrogens with one attached hydrogen (secondary N) is 1. The normalized spacial score (nSPS) is 14.8. The molecule has 0 unspecified atom stereocenters. The van der Waals surface area contributed by atoms with Gasteiger partial charge in [-0.1, -0.05) is 0 Å². The fraction of sp³-hybridized carbons (Fsp3) is 0.467. The van der Waals surface area contributed by atoms with Gasteiger partial charge in [0.05, 0.1) is 37.0 Å². The number of rotatable bonds is 6. The van der Waals surface area contributed by atoms with Crippen LogP contribution in [-0.4, -0.2) is 40.8 Å². The third-order valence-corrected chi connectivity index (χ3v) is 3.66. The molecule has 2 aromatic rings. The highest BCUT2D eigenvalue weighted by atomic mass is 16.5. The molecule has 0 spiro atoms. The number of furan rings is 1. The molecular formula is C15H20N4O3. The van der Waals surface area contributed by atoms with Crippen LogP contribution in [0.1, 0.15) is 17.0 Å². The second-order valence-electron chi connectivity index (χ2n) is 5.40. The van der Waals surface area contributed by atoms with E-state index in [1.165, 1.54) is 18.4 Å². The Labute approximate surface area is 128 Å². The average molecular weight is 304 g/mol. The van der Waals surface area contributed by atoms with Crippen molar-refractivity contribution in [3.63, 3.8) is 0 Å². The first-order valence-electron chi connectivity index (χ1n) is 7.29. The number of fused-ring (bicyclic) bond motifs is 1. The van der Waals surface area contributed by atoms with E-state index in [1.54, 1.807) is 12.5 Å². The minimum Gasteiger partial charge on any atom is -0.472 e. The summed E-state index contributed by atoms with van der Waals surface area (Å²) < 4.78 is 11.9. The number of carbonyl (C=O) groups excluding carboxylic acids is 1. The molecule has 7 nitrogen and oxygen atoms in total. The second-order valence-corrected chi connectivity index (χ2v) is 5.40. The maximum Gasteiger partial charge on any atom is 0.246 e. The molecule has 1 aliphatic rings. The van der Waals surface area contributed by atoms with Crippen LogP contribution in [0, 0.1) is 0 Å². The zero-order valence-electron chi connectivity index (χ0n) is 12.6. The van der Waals surface area contributed by atoms with E-state index < -0.39 is 0 Å². The van der Waals surface area contributed by atoms with Crippen LogP contribution in [0.3, 0.4) is 0 Å². The Bertz CT molecular complexity index is 621. The van der Waals surface area contributed by atoms with Crippen molar-refractivity contribution in [1.29, 1.82) is 0 Å². The average Bonchev–Trinajstić information content (AvgIpc) is 3.14. The summed E-state index contributed by atoms with van der Waals surface area (Å²) in [4.78, 5) is 13.8. The van der Waals surface area contributed by atoms with Crippen molar-refractivity contribution in [2.75, 3.05) is 20.3 Å². The van der Waals surface area contributed by atoms with Crippen LogP contribution in [0.5, 0.6) is 0 Å². The summed E-state index contributed by atoms with van der Waals surface area (Å²) in [5.74, 6) is -0.130. The lowest BCUT2D eigenvalue weighted by Crippen LogP contribution is -2.33. The Morgan fingerprint density at radius 1 is 1.50 bits per heavy atom. The van der Waals surface area contributed by atoms with Gasteiger partial charge in [-0.2, -0.15) is 5.10 Å². The molecule has 1 amide bonds. The molecular weight excluding hydrogens is 284 g/mol. The molecule has 0 aliphatic carbocycles. The molecule has 0 atom stereocenters. The predicted molar refractivity (Wildman–Crippen MR) is 78.8 cm³/mol. The van der Waals surface area contributed by atoms with Crippen molar-refractivity contribution in [2.24, 2.45) is 0 Å². The summed E-state index contributed by atoms with van der Waals surface area (Å²) in [7, 11) is 1.50. The summed E-state index contributed by atoms with van der Waals surface area (Å²) in [6, 6.07) is 4.04. The Kier molecular flexibility index (Phi) is 4.55. The predicted octanol–water partition coefficient (Wildman–Crippen LogP) is 0.754. The first kappa shape index (κ1) is 14.8. The molecule has 0 saturated carbocycles. The van der Waals surface area contributed by atoms with Crippen LogP contribution in [-0.2, 0) is 35.7 Å². The summed E-state index contributed by atoms with van der Waals surface area (Å²) in [6.45, 7) is 4.05. The second kappa shape index (κ2) is 6.76. The van der Waals surface area contributed by atoms with Gasteiger partial charge in [0.1, 0.15) is 6.61 Å². The van der Waals surface area contributed by atoms with Crippen LogP contribution < -0.4 is 5.32 Å². The zero-order valence-corrected chi connectivity index (χ0v) is 12.6. The Morgan fingerprint density at radius 3 is 3.18 bits per heavy atom. The van der Waals surface area contributed by atoms with Crippen molar-refractivity contribution < 1.29 is 13.9 Å². The van der Waals surface area contributed by atoms with Gasteiger partial charge in [0.25, 0.3) is 0 Å². The molecule has 7 heteroatoms. The Morgan fingerprint density at radius 2 is 2.41 bits per heavy atom. The van der Waals surface area contributed by atoms with E-state index >= 15 is 0 Å². The van der Waals surface area contributed by atoms with Crippen molar-refractivity contribution >= 4 is 5.91 Å². The van der Waals surface area contributed by atoms with Gasteiger partial charge < -0.3 is 14.5 Å². The van der Waals surface area contributed by atoms with Gasteiger partial charge in [-0.15, -0.1) is 0 Å². The van der Waals surface area contributed by atoms with Gasteiger partial charge in [0.2, 0.25) is 5.91 Å². The lowest BCUT2D eigenvalue weighted by molar-refractivity contribution is -0.124. The molecule has 0 bridgehead atoms. The molecule has 0 aromatic carbocycles. The topological polar surface area (TPSA) is 72.5 Å². The van der Waals surface area contributed by atoms with Crippen molar-refractivity contribution in [3.8, 4) is 0 Å². The van der Waals surface area contributed by atoms with E-state index in [2.05, 4.69) is 21.4 Å².